The Labute approximate surface area is 116 Å². The van der Waals surface area contributed by atoms with Crippen molar-refractivity contribution < 1.29 is 9.47 Å². The molecule has 0 fully saturated rings. The fourth-order valence-electron chi connectivity index (χ4n) is 1.72. The highest BCUT2D eigenvalue weighted by molar-refractivity contribution is 7.20. The van der Waals surface area contributed by atoms with E-state index in [0.29, 0.717) is 8.67 Å². The quantitative estimate of drug-likeness (QED) is 0.812. The predicted octanol–water partition coefficient (Wildman–Crippen LogP) is 3.71. The molecule has 0 aliphatic carbocycles. The molecule has 0 spiro atoms. The van der Waals surface area contributed by atoms with Gasteiger partial charge in [0.25, 0.3) is 0 Å². The minimum atomic E-state index is -0.287. The second-order valence-corrected chi connectivity index (χ2v) is 6.08. The second-order valence-electron chi connectivity index (χ2n) is 3.80. The Bertz CT molecular complexity index is 355. The minimum absolute atomic E-state index is 0.0507. The van der Waals surface area contributed by atoms with E-state index in [0.717, 1.165) is 5.56 Å². The molecule has 6 heteroatoms. The van der Waals surface area contributed by atoms with Gasteiger partial charge in [0.1, 0.15) is 0 Å². The molecule has 2 unspecified atom stereocenters. The van der Waals surface area contributed by atoms with Crippen molar-refractivity contribution in [2.45, 2.75) is 32.2 Å². The van der Waals surface area contributed by atoms with Gasteiger partial charge < -0.3 is 14.8 Å². The molecule has 1 aromatic heterocycles. The number of hydrogen-bond donors (Lipinski definition) is 1. The van der Waals surface area contributed by atoms with E-state index < -0.39 is 0 Å². The van der Waals surface area contributed by atoms with Crippen molar-refractivity contribution in [3.63, 3.8) is 0 Å². The summed E-state index contributed by atoms with van der Waals surface area (Å²) in [6, 6.07) is 2.02. The summed E-state index contributed by atoms with van der Waals surface area (Å²) in [6.45, 7) is 4.03. The van der Waals surface area contributed by atoms with Crippen molar-refractivity contribution in [1.29, 1.82) is 0 Å². The highest BCUT2D eigenvalue weighted by Crippen LogP contribution is 2.35. The van der Waals surface area contributed by atoms with Crippen LogP contribution in [0.25, 0.3) is 0 Å². The largest absolute Gasteiger partial charge is 0.354 e. The van der Waals surface area contributed by atoms with Gasteiger partial charge in [0, 0.05) is 20.3 Å². The Morgan fingerprint density at radius 3 is 2.24 bits per heavy atom. The number of methoxy groups -OCH3 is 2. The van der Waals surface area contributed by atoms with Gasteiger partial charge in [0.15, 0.2) is 6.29 Å². The maximum Gasteiger partial charge on any atom is 0.171 e. The molecule has 1 heterocycles. The Morgan fingerprint density at radius 1 is 1.24 bits per heavy atom. The molecule has 98 valence electrons. The lowest BCUT2D eigenvalue weighted by Crippen LogP contribution is -2.40. The van der Waals surface area contributed by atoms with Gasteiger partial charge in [0.05, 0.1) is 14.7 Å². The summed E-state index contributed by atoms with van der Waals surface area (Å²) in [5.41, 5.74) is 1.000. The molecule has 0 amide bonds. The lowest BCUT2D eigenvalue weighted by Gasteiger charge is -2.25. The first-order valence-electron chi connectivity index (χ1n) is 5.26. The molecule has 1 rings (SSSR count). The number of nitrogens with one attached hydrogen (secondary N) is 1. The summed E-state index contributed by atoms with van der Waals surface area (Å²) in [7, 11) is 3.23. The SMILES string of the molecule is COC(OC)C(C)NC(C)c1cc(Cl)sc1Cl. The number of thiophene rings is 1. The molecular formula is C11H17Cl2NO2S. The molecule has 0 aliphatic heterocycles. The van der Waals surface area contributed by atoms with E-state index in [-0.39, 0.29) is 18.4 Å². The van der Waals surface area contributed by atoms with Crippen molar-refractivity contribution in [3.05, 3.63) is 20.3 Å². The molecule has 1 aromatic rings. The monoisotopic (exact) mass is 297 g/mol. The third kappa shape index (κ3) is 4.09. The van der Waals surface area contributed by atoms with Crippen LogP contribution in [0.3, 0.4) is 0 Å². The highest BCUT2D eigenvalue weighted by atomic mass is 35.5. The van der Waals surface area contributed by atoms with Crippen LogP contribution in [0.15, 0.2) is 6.07 Å². The lowest BCUT2D eigenvalue weighted by atomic mass is 10.1. The van der Waals surface area contributed by atoms with Crippen LogP contribution in [0, 0.1) is 0 Å². The van der Waals surface area contributed by atoms with Crippen LogP contribution in [-0.4, -0.2) is 26.6 Å². The van der Waals surface area contributed by atoms with Crippen LogP contribution in [-0.2, 0) is 9.47 Å². The van der Waals surface area contributed by atoms with Gasteiger partial charge >= 0.3 is 0 Å². The minimum Gasteiger partial charge on any atom is -0.354 e. The van der Waals surface area contributed by atoms with Gasteiger partial charge in [-0.15, -0.1) is 11.3 Å². The third-order valence-corrected chi connectivity index (χ3v) is 4.05. The zero-order chi connectivity index (χ0) is 13.0. The van der Waals surface area contributed by atoms with Crippen molar-refractivity contribution in [2.75, 3.05) is 14.2 Å². The number of halogens is 2. The average molecular weight is 298 g/mol. The Hall–Kier alpha value is 0.160. The van der Waals surface area contributed by atoms with Crippen molar-refractivity contribution in [2.24, 2.45) is 0 Å². The Kier molecular flexibility index (Phi) is 6.20. The Morgan fingerprint density at radius 2 is 1.82 bits per heavy atom. The van der Waals surface area contributed by atoms with Crippen LogP contribution in [0.4, 0.5) is 0 Å². The van der Waals surface area contributed by atoms with E-state index in [1.54, 1.807) is 14.2 Å². The molecule has 0 saturated heterocycles. The molecule has 1 N–H and O–H groups in total. The zero-order valence-corrected chi connectivity index (χ0v) is 12.6. The maximum atomic E-state index is 6.10. The summed E-state index contributed by atoms with van der Waals surface area (Å²) in [4.78, 5) is 0. The Balaban J connectivity index is 2.65. The normalized spacial score (nSPS) is 15.2. The molecule has 0 aliphatic rings. The van der Waals surface area contributed by atoms with Gasteiger partial charge in [-0.25, -0.2) is 0 Å². The van der Waals surface area contributed by atoms with Gasteiger partial charge in [0.2, 0.25) is 0 Å². The second kappa shape index (κ2) is 6.92. The molecule has 3 nitrogen and oxygen atoms in total. The summed E-state index contributed by atoms with van der Waals surface area (Å²) in [6.07, 6.45) is -0.287. The highest BCUT2D eigenvalue weighted by Gasteiger charge is 2.20. The molecule has 17 heavy (non-hydrogen) atoms. The fraction of sp³-hybridized carbons (Fsp3) is 0.636. The smallest absolute Gasteiger partial charge is 0.171 e. The lowest BCUT2D eigenvalue weighted by molar-refractivity contribution is -0.120. The standard InChI is InChI=1S/C11H17Cl2NO2S/c1-6(8-5-9(12)17-10(8)13)14-7(2)11(15-3)16-4/h5-7,11,14H,1-4H3. The summed E-state index contributed by atoms with van der Waals surface area (Å²) >= 11 is 13.4. The van der Waals surface area contributed by atoms with E-state index >= 15 is 0 Å². The van der Waals surface area contributed by atoms with Crippen LogP contribution in [0.1, 0.15) is 25.5 Å². The first-order valence-corrected chi connectivity index (χ1v) is 6.83. The summed E-state index contributed by atoms with van der Waals surface area (Å²) in [5.74, 6) is 0. The molecule has 0 bridgehead atoms. The zero-order valence-electron chi connectivity index (χ0n) is 10.3. The van der Waals surface area contributed by atoms with E-state index in [4.69, 9.17) is 32.7 Å². The van der Waals surface area contributed by atoms with Crippen molar-refractivity contribution in [1.82, 2.24) is 5.32 Å². The fourth-order valence-corrected chi connectivity index (χ4v) is 3.36. The summed E-state index contributed by atoms with van der Waals surface area (Å²) < 4.78 is 11.8. The molecular weight excluding hydrogens is 281 g/mol. The van der Waals surface area contributed by atoms with Gasteiger partial charge in [-0.2, -0.15) is 0 Å². The van der Waals surface area contributed by atoms with Crippen LogP contribution < -0.4 is 5.32 Å². The van der Waals surface area contributed by atoms with E-state index in [9.17, 15) is 0 Å². The van der Waals surface area contributed by atoms with Crippen LogP contribution >= 0.6 is 34.5 Å². The predicted molar refractivity (Wildman–Crippen MR) is 73.2 cm³/mol. The van der Waals surface area contributed by atoms with E-state index in [1.807, 2.05) is 19.9 Å². The van der Waals surface area contributed by atoms with Gasteiger partial charge in [-0.3, -0.25) is 0 Å². The number of hydrogen-bond acceptors (Lipinski definition) is 4. The van der Waals surface area contributed by atoms with E-state index in [2.05, 4.69) is 5.32 Å². The maximum absolute atomic E-state index is 6.10. The molecule has 2 atom stereocenters. The number of ether oxygens (including phenoxy) is 2. The van der Waals surface area contributed by atoms with E-state index in [1.165, 1.54) is 11.3 Å². The van der Waals surface area contributed by atoms with Gasteiger partial charge in [-0.1, -0.05) is 23.2 Å². The van der Waals surface area contributed by atoms with Crippen molar-refractivity contribution >= 4 is 34.5 Å². The molecule has 0 aromatic carbocycles. The molecule has 0 radical (unpaired) electrons. The van der Waals surface area contributed by atoms with Crippen LogP contribution in [0.5, 0.6) is 0 Å². The first-order chi connectivity index (χ1) is 7.99. The van der Waals surface area contributed by atoms with Gasteiger partial charge in [-0.05, 0) is 25.5 Å². The summed E-state index contributed by atoms with van der Waals surface area (Å²) in [5, 5.41) is 3.37. The third-order valence-electron chi connectivity index (χ3n) is 2.54. The topological polar surface area (TPSA) is 30.5 Å². The number of rotatable bonds is 6. The first kappa shape index (κ1) is 15.2. The average Bonchev–Trinajstić information content (AvgIpc) is 2.59. The van der Waals surface area contributed by atoms with Crippen molar-refractivity contribution in [3.8, 4) is 0 Å². The molecule has 0 saturated carbocycles. The van der Waals surface area contributed by atoms with Crippen LogP contribution in [0.2, 0.25) is 8.67 Å².